The van der Waals surface area contributed by atoms with E-state index < -0.39 is 0 Å². The Bertz CT molecular complexity index is 190. The third-order valence-electron chi connectivity index (χ3n) is 5.59. The van der Waals surface area contributed by atoms with Gasteiger partial charge >= 0.3 is 0 Å². The minimum Gasteiger partial charge on any atom is -0.0622 e. The molecule has 1 saturated carbocycles. The largest absolute Gasteiger partial charge is 0.0622 e. The molecule has 0 heterocycles. The van der Waals surface area contributed by atoms with Gasteiger partial charge in [0.15, 0.2) is 0 Å². The molecule has 1 aliphatic rings. The molecule has 0 aromatic heterocycles. The average molecular weight is 196 g/mol. The highest BCUT2D eigenvalue weighted by atomic mass is 14.5. The lowest BCUT2D eigenvalue weighted by atomic mass is 9.52. The smallest absolute Gasteiger partial charge is 0.0246 e. The Morgan fingerprint density at radius 3 is 2.21 bits per heavy atom. The minimum absolute atomic E-state index is 0.479. The van der Waals surface area contributed by atoms with Gasteiger partial charge in [-0.1, -0.05) is 60.8 Å². The van der Waals surface area contributed by atoms with Gasteiger partial charge in [0, 0.05) is 0 Å². The summed E-state index contributed by atoms with van der Waals surface area (Å²) in [5.41, 5.74) is 1.03. The number of hydrogen-bond donors (Lipinski definition) is 0. The molecule has 1 aliphatic carbocycles. The Hall–Kier alpha value is 0. The van der Waals surface area contributed by atoms with Gasteiger partial charge in [-0.2, -0.15) is 0 Å². The van der Waals surface area contributed by atoms with Crippen LogP contribution in [0.3, 0.4) is 0 Å². The van der Waals surface area contributed by atoms with Crippen LogP contribution >= 0.6 is 0 Å². The highest BCUT2D eigenvalue weighted by Crippen LogP contribution is 2.55. The molecule has 0 nitrogen and oxygen atoms in total. The standard InChI is InChI=1S/C14H28/c1-11(2)13(4,5)14(6)10-8-7-9-12(14)3/h11-12H,7-10H2,1-6H3. The Kier molecular flexibility index (Phi) is 3.33. The molecule has 0 amide bonds. The second-order valence-electron chi connectivity index (χ2n) is 6.44. The van der Waals surface area contributed by atoms with Crippen LogP contribution < -0.4 is 0 Å². The molecule has 0 bridgehead atoms. The first-order valence-corrected chi connectivity index (χ1v) is 6.32. The third-order valence-corrected chi connectivity index (χ3v) is 5.59. The van der Waals surface area contributed by atoms with Gasteiger partial charge in [-0.25, -0.2) is 0 Å². The van der Waals surface area contributed by atoms with E-state index >= 15 is 0 Å². The van der Waals surface area contributed by atoms with Gasteiger partial charge in [0.1, 0.15) is 0 Å². The molecule has 0 saturated heterocycles. The van der Waals surface area contributed by atoms with E-state index in [9.17, 15) is 0 Å². The van der Waals surface area contributed by atoms with Crippen molar-refractivity contribution in [2.24, 2.45) is 22.7 Å². The third kappa shape index (κ3) is 1.73. The van der Waals surface area contributed by atoms with Crippen LogP contribution in [0.1, 0.15) is 67.2 Å². The Morgan fingerprint density at radius 2 is 1.79 bits per heavy atom. The molecular formula is C14H28. The fraction of sp³-hybridized carbons (Fsp3) is 1.00. The summed E-state index contributed by atoms with van der Waals surface area (Å²) in [6.07, 6.45) is 5.76. The topological polar surface area (TPSA) is 0 Å². The van der Waals surface area contributed by atoms with Crippen molar-refractivity contribution in [3.63, 3.8) is 0 Å². The van der Waals surface area contributed by atoms with Gasteiger partial charge < -0.3 is 0 Å². The van der Waals surface area contributed by atoms with Gasteiger partial charge in [0.05, 0.1) is 0 Å². The Labute approximate surface area is 90.5 Å². The highest BCUT2D eigenvalue weighted by molar-refractivity contribution is 4.96. The van der Waals surface area contributed by atoms with E-state index in [1.165, 1.54) is 25.7 Å². The average Bonchev–Trinajstić information content (AvgIpc) is 2.09. The first-order valence-electron chi connectivity index (χ1n) is 6.32. The minimum atomic E-state index is 0.479. The van der Waals surface area contributed by atoms with Crippen LogP contribution in [0.4, 0.5) is 0 Å². The molecule has 0 aliphatic heterocycles. The molecule has 84 valence electrons. The van der Waals surface area contributed by atoms with Gasteiger partial charge in [-0.05, 0) is 29.1 Å². The van der Waals surface area contributed by atoms with Crippen molar-refractivity contribution in [2.75, 3.05) is 0 Å². The van der Waals surface area contributed by atoms with Gasteiger partial charge in [0.2, 0.25) is 0 Å². The maximum Gasteiger partial charge on any atom is -0.0246 e. The van der Waals surface area contributed by atoms with E-state index in [1.807, 2.05) is 0 Å². The molecule has 0 heteroatoms. The molecule has 14 heavy (non-hydrogen) atoms. The molecule has 0 aromatic carbocycles. The summed E-state index contributed by atoms with van der Waals surface area (Å²) in [4.78, 5) is 0. The highest BCUT2D eigenvalue weighted by Gasteiger charge is 2.47. The van der Waals surface area contributed by atoms with Crippen molar-refractivity contribution >= 4 is 0 Å². The van der Waals surface area contributed by atoms with Crippen LogP contribution in [-0.2, 0) is 0 Å². The number of rotatable bonds is 2. The first kappa shape index (κ1) is 12.1. The molecule has 2 atom stereocenters. The SMILES string of the molecule is CC(C)C(C)(C)C1(C)CCCCC1C. The van der Waals surface area contributed by atoms with Crippen LogP contribution in [0.25, 0.3) is 0 Å². The molecule has 1 fully saturated rings. The van der Waals surface area contributed by atoms with Crippen LogP contribution in [0.2, 0.25) is 0 Å². The Balaban J connectivity index is 2.91. The molecular weight excluding hydrogens is 168 g/mol. The quantitative estimate of drug-likeness (QED) is 0.590. The van der Waals surface area contributed by atoms with Crippen molar-refractivity contribution in [3.05, 3.63) is 0 Å². The zero-order valence-electron chi connectivity index (χ0n) is 11.0. The van der Waals surface area contributed by atoms with E-state index in [-0.39, 0.29) is 0 Å². The molecule has 1 rings (SSSR count). The van der Waals surface area contributed by atoms with Crippen LogP contribution in [0.15, 0.2) is 0 Å². The maximum atomic E-state index is 2.52. The predicted molar refractivity (Wildman–Crippen MR) is 64.4 cm³/mol. The van der Waals surface area contributed by atoms with E-state index in [2.05, 4.69) is 41.5 Å². The summed E-state index contributed by atoms with van der Waals surface area (Å²) in [7, 11) is 0. The fourth-order valence-corrected chi connectivity index (χ4v) is 3.12. The second kappa shape index (κ2) is 3.87. The van der Waals surface area contributed by atoms with Crippen LogP contribution in [-0.4, -0.2) is 0 Å². The fourth-order valence-electron chi connectivity index (χ4n) is 3.12. The lowest BCUT2D eigenvalue weighted by molar-refractivity contribution is -0.0389. The van der Waals surface area contributed by atoms with Gasteiger partial charge in [-0.3, -0.25) is 0 Å². The summed E-state index contributed by atoms with van der Waals surface area (Å²) >= 11 is 0. The van der Waals surface area contributed by atoms with Crippen LogP contribution in [0.5, 0.6) is 0 Å². The second-order valence-corrected chi connectivity index (χ2v) is 6.44. The normalized spacial score (nSPS) is 34.9. The van der Waals surface area contributed by atoms with E-state index in [4.69, 9.17) is 0 Å². The van der Waals surface area contributed by atoms with E-state index in [0.717, 1.165) is 11.8 Å². The Morgan fingerprint density at radius 1 is 1.21 bits per heavy atom. The van der Waals surface area contributed by atoms with Crippen LogP contribution in [0, 0.1) is 22.7 Å². The first-order chi connectivity index (χ1) is 6.32. The number of hydrogen-bond acceptors (Lipinski definition) is 0. The molecule has 2 unspecified atom stereocenters. The molecule has 0 spiro atoms. The lowest BCUT2D eigenvalue weighted by Gasteiger charge is -2.53. The van der Waals surface area contributed by atoms with E-state index in [1.54, 1.807) is 0 Å². The van der Waals surface area contributed by atoms with Crippen molar-refractivity contribution < 1.29 is 0 Å². The summed E-state index contributed by atoms with van der Waals surface area (Å²) < 4.78 is 0. The maximum absolute atomic E-state index is 2.52. The van der Waals surface area contributed by atoms with E-state index in [0.29, 0.717) is 10.8 Å². The zero-order chi connectivity index (χ0) is 11.0. The van der Waals surface area contributed by atoms with Gasteiger partial charge in [-0.15, -0.1) is 0 Å². The summed E-state index contributed by atoms with van der Waals surface area (Å²) in [6.45, 7) is 14.7. The lowest BCUT2D eigenvalue weighted by Crippen LogP contribution is -2.45. The monoisotopic (exact) mass is 196 g/mol. The van der Waals surface area contributed by atoms with Crippen molar-refractivity contribution in [1.82, 2.24) is 0 Å². The summed E-state index contributed by atoms with van der Waals surface area (Å²) in [6, 6.07) is 0. The summed E-state index contributed by atoms with van der Waals surface area (Å²) in [5, 5.41) is 0. The van der Waals surface area contributed by atoms with Crippen molar-refractivity contribution in [3.8, 4) is 0 Å². The van der Waals surface area contributed by atoms with Gasteiger partial charge in [0.25, 0.3) is 0 Å². The van der Waals surface area contributed by atoms with Crippen molar-refractivity contribution in [1.29, 1.82) is 0 Å². The summed E-state index contributed by atoms with van der Waals surface area (Å²) in [5.74, 6) is 1.68. The predicted octanol–water partition coefficient (Wildman–Crippen LogP) is 4.89. The molecule has 0 aromatic rings. The molecule has 0 radical (unpaired) electrons. The zero-order valence-corrected chi connectivity index (χ0v) is 11.0. The molecule has 0 N–H and O–H groups in total. The van der Waals surface area contributed by atoms with Crippen molar-refractivity contribution in [2.45, 2.75) is 67.2 Å².